The fraction of sp³-hybridized carbons (Fsp3) is 0.143. The van der Waals surface area contributed by atoms with Gasteiger partial charge in [-0.2, -0.15) is 0 Å². The van der Waals surface area contributed by atoms with Gasteiger partial charge in [-0.05, 0) is 54.9 Å². The minimum atomic E-state index is -0.155. The van der Waals surface area contributed by atoms with E-state index in [2.05, 4.69) is 16.9 Å². The fourth-order valence-electron chi connectivity index (χ4n) is 2.47. The molecule has 1 aliphatic heterocycles. The van der Waals surface area contributed by atoms with Gasteiger partial charge in [0.15, 0.2) is 5.17 Å². The zero-order valence-electron chi connectivity index (χ0n) is 14.8. The first kappa shape index (κ1) is 18.0. The van der Waals surface area contributed by atoms with Crippen LogP contribution in [0.15, 0.2) is 65.0 Å². The molecule has 0 radical (unpaired) electrons. The molecule has 5 heteroatoms. The van der Waals surface area contributed by atoms with Gasteiger partial charge in [0.05, 0.1) is 10.6 Å². The lowest BCUT2D eigenvalue weighted by Crippen LogP contribution is -2.19. The van der Waals surface area contributed by atoms with Crippen LogP contribution in [0.4, 0.5) is 5.69 Å². The average Bonchev–Trinajstić information content (AvgIpc) is 2.97. The molecule has 1 amide bonds. The molecular formula is C21H20N2O2S. The molecule has 0 aromatic heterocycles. The molecule has 132 valence electrons. The molecule has 0 spiro atoms. The van der Waals surface area contributed by atoms with Gasteiger partial charge in [0.25, 0.3) is 5.91 Å². The third kappa shape index (κ3) is 4.06. The minimum absolute atomic E-state index is 0.155. The van der Waals surface area contributed by atoms with Crippen LogP contribution in [0.1, 0.15) is 16.7 Å². The minimum Gasteiger partial charge on any atom is -0.489 e. The van der Waals surface area contributed by atoms with Gasteiger partial charge >= 0.3 is 0 Å². The van der Waals surface area contributed by atoms with Crippen molar-refractivity contribution in [2.75, 3.05) is 6.61 Å². The summed E-state index contributed by atoms with van der Waals surface area (Å²) in [7, 11) is 0. The number of para-hydroxylation sites is 1. The van der Waals surface area contributed by atoms with Gasteiger partial charge in [0.1, 0.15) is 12.4 Å². The van der Waals surface area contributed by atoms with Crippen LogP contribution >= 0.6 is 11.8 Å². The van der Waals surface area contributed by atoms with Gasteiger partial charge in [-0.15, -0.1) is 0 Å². The third-order valence-electron chi connectivity index (χ3n) is 4.01. The van der Waals surface area contributed by atoms with E-state index in [-0.39, 0.29) is 5.91 Å². The monoisotopic (exact) mass is 364 g/mol. The molecule has 1 heterocycles. The molecule has 0 unspecified atom stereocenters. The molecule has 1 N–H and O–H groups in total. The van der Waals surface area contributed by atoms with Gasteiger partial charge < -0.3 is 10.1 Å². The number of nitrogens with zero attached hydrogens (tertiary/aromatic N) is 1. The molecule has 0 saturated carbocycles. The molecule has 0 aliphatic carbocycles. The Labute approximate surface area is 157 Å². The lowest BCUT2D eigenvalue weighted by molar-refractivity contribution is -0.115. The highest BCUT2D eigenvalue weighted by Crippen LogP contribution is 2.31. The van der Waals surface area contributed by atoms with Crippen molar-refractivity contribution in [3.63, 3.8) is 0 Å². The first-order valence-electron chi connectivity index (χ1n) is 8.27. The molecule has 26 heavy (non-hydrogen) atoms. The zero-order valence-corrected chi connectivity index (χ0v) is 15.6. The maximum Gasteiger partial charge on any atom is 0.264 e. The number of carbonyl (C=O) groups excluding carboxylic acids is 1. The Bertz CT molecular complexity index is 916. The van der Waals surface area contributed by atoms with E-state index in [0.717, 1.165) is 16.8 Å². The first-order chi connectivity index (χ1) is 12.6. The number of rotatable bonds is 5. The summed E-state index contributed by atoms with van der Waals surface area (Å²) in [6.07, 6.45) is 3.51. The second-order valence-corrected chi connectivity index (χ2v) is 6.87. The van der Waals surface area contributed by atoms with Crippen molar-refractivity contribution in [1.82, 2.24) is 5.32 Å². The second kappa shape index (κ2) is 8.06. The Balaban J connectivity index is 1.86. The Morgan fingerprint density at radius 2 is 2.00 bits per heavy atom. The molecule has 0 atom stereocenters. The molecule has 1 fully saturated rings. The number of benzene rings is 2. The van der Waals surface area contributed by atoms with E-state index >= 15 is 0 Å². The van der Waals surface area contributed by atoms with Crippen molar-refractivity contribution in [2.24, 2.45) is 4.99 Å². The molecule has 2 aromatic carbocycles. The smallest absolute Gasteiger partial charge is 0.264 e. The highest BCUT2D eigenvalue weighted by atomic mass is 32.2. The summed E-state index contributed by atoms with van der Waals surface area (Å²) >= 11 is 1.33. The normalized spacial score (nSPS) is 16.8. The summed E-state index contributed by atoms with van der Waals surface area (Å²) in [6, 6.07) is 13.6. The molecule has 4 nitrogen and oxygen atoms in total. The molecule has 3 rings (SSSR count). The predicted octanol–water partition coefficient (Wildman–Crippen LogP) is 4.76. The number of aliphatic imine (C=N–C) groups is 1. The Morgan fingerprint density at radius 3 is 2.81 bits per heavy atom. The van der Waals surface area contributed by atoms with E-state index in [1.807, 2.05) is 62.4 Å². The van der Waals surface area contributed by atoms with Crippen LogP contribution in [-0.2, 0) is 4.79 Å². The Morgan fingerprint density at radius 1 is 1.19 bits per heavy atom. The molecule has 1 saturated heterocycles. The van der Waals surface area contributed by atoms with Gasteiger partial charge in [-0.3, -0.25) is 4.79 Å². The third-order valence-corrected chi connectivity index (χ3v) is 4.92. The number of amides is 1. The van der Waals surface area contributed by atoms with E-state index in [9.17, 15) is 4.79 Å². The van der Waals surface area contributed by atoms with Gasteiger partial charge in [-0.25, -0.2) is 4.99 Å². The summed E-state index contributed by atoms with van der Waals surface area (Å²) in [5.74, 6) is 0.561. The maximum atomic E-state index is 12.3. The fourth-order valence-corrected chi connectivity index (χ4v) is 3.29. The summed E-state index contributed by atoms with van der Waals surface area (Å²) in [5.41, 5.74) is 3.99. The summed E-state index contributed by atoms with van der Waals surface area (Å²) < 4.78 is 5.65. The van der Waals surface area contributed by atoms with Crippen molar-refractivity contribution in [3.05, 3.63) is 76.7 Å². The standard InChI is InChI=1S/C21H20N2O2S/c1-4-12-25-18-11-6-5-9-16(18)13-19-20(24)23-21(26-19)22-17-10-7-8-14(2)15(17)3/h4-11,13H,1,12H2,2-3H3,(H,22,23,24)/b19-13-. The predicted molar refractivity (Wildman–Crippen MR) is 109 cm³/mol. The van der Waals surface area contributed by atoms with Crippen LogP contribution in [0.2, 0.25) is 0 Å². The van der Waals surface area contributed by atoms with E-state index < -0.39 is 0 Å². The molecule has 2 aromatic rings. The van der Waals surface area contributed by atoms with Crippen LogP contribution < -0.4 is 10.1 Å². The van der Waals surface area contributed by atoms with Gasteiger partial charge in [-0.1, -0.05) is 43.0 Å². The van der Waals surface area contributed by atoms with Crippen LogP contribution in [0.3, 0.4) is 0 Å². The van der Waals surface area contributed by atoms with Crippen molar-refractivity contribution in [2.45, 2.75) is 13.8 Å². The molecule has 1 aliphatic rings. The van der Waals surface area contributed by atoms with E-state index in [1.54, 1.807) is 6.08 Å². The number of amidine groups is 1. The van der Waals surface area contributed by atoms with Crippen LogP contribution in [-0.4, -0.2) is 17.7 Å². The number of nitrogens with one attached hydrogen (secondary N) is 1. The van der Waals surface area contributed by atoms with E-state index in [1.165, 1.54) is 17.3 Å². The molecular weight excluding hydrogens is 344 g/mol. The van der Waals surface area contributed by atoms with Crippen LogP contribution in [0.25, 0.3) is 6.08 Å². The zero-order chi connectivity index (χ0) is 18.5. The SMILES string of the molecule is C=CCOc1ccccc1/C=C1\SC(=Nc2cccc(C)c2C)NC1=O. The topological polar surface area (TPSA) is 50.7 Å². The van der Waals surface area contributed by atoms with Gasteiger partial charge in [0, 0.05) is 5.56 Å². The first-order valence-corrected chi connectivity index (χ1v) is 9.08. The lowest BCUT2D eigenvalue weighted by atomic mass is 10.1. The number of thioether (sulfide) groups is 1. The average molecular weight is 364 g/mol. The highest BCUT2D eigenvalue weighted by molar-refractivity contribution is 8.18. The number of hydrogen-bond donors (Lipinski definition) is 1. The number of hydrogen-bond acceptors (Lipinski definition) is 4. The van der Waals surface area contributed by atoms with Crippen molar-refractivity contribution in [3.8, 4) is 5.75 Å². The number of carbonyl (C=O) groups is 1. The summed E-state index contributed by atoms with van der Waals surface area (Å²) in [4.78, 5) is 17.5. The Kier molecular flexibility index (Phi) is 5.58. The van der Waals surface area contributed by atoms with Crippen LogP contribution in [0.5, 0.6) is 5.75 Å². The quantitative estimate of drug-likeness (QED) is 0.615. The lowest BCUT2D eigenvalue weighted by Gasteiger charge is -2.06. The van der Waals surface area contributed by atoms with E-state index in [0.29, 0.717) is 22.4 Å². The van der Waals surface area contributed by atoms with Crippen LogP contribution in [0, 0.1) is 13.8 Å². The van der Waals surface area contributed by atoms with Gasteiger partial charge in [0.2, 0.25) is 0 Å². The van der Waals surface area contributed by atoms with Crippen molar-refractivity contribution >= 4 is 34.6 Å². The van der Waals surface area contributed by atoms with E-state index in [4.69, 9.17) is 4.74 Å². The second-order valence-electron chi connectivity index (χ2n) is 5.84. The Hall–Kier alpha value is -2.79. The van der Waals surface area contributed by atoms with Crippen molar-refractivity contribution in [1.29, 1.82) is 0 Å². The number of ether oxygens (including phenoxy) is 1. The number of aryl methyl sites for hydroxylation is 1. The van der Waals surface area contributed by atoms with Crippen molar-refractivity contribution < 1.29 is 9.53 Å². The summed E-state index contributed by atoms with van der Waals surface area (Å²) in [5, 5.41) is 3.41. The summed E-state index contributed by atoms with van der Waals surface area (Å²) in [6.45, 7) is 8.15. The largest absolute Gasteiger partial charge is 0.489 e. The highest BCUT2D eigenvalue weighted by Gasteiger charge is 2.24. The molecule has 0 bridgehead atoms. The maximum absolute atomic E-state index is 12.3.